The van der Waals surface area contributed by atoms with Gasteiger partial charge in [-0.25, -0.2) is 0 Å². The highest BCUT2D eigenvalue weighted by Gasteiger charge is 2.28. The van der Waals surface area contributed by atoms with Gasteiger partial charge in [-0.3, -0.25) is 19.4 Å². The van der Waals surface area contributed by atoms with Crippen LogP contribution in [-0.4, -0.2) is 104 Å². The Hall–Kier alpha value is -1.61. The number of nitrogens with zero attached hydrogens (tertiary/aromatic N) is 4. The first kappa shape index (κ1) is 21.6. The van der Waals surface area contributed by atoms with Gasteiger partial charge in [-0.15, -0.1) is 11.8 Å². The Morgan fingerprint density at radius 3 is 2.27 bits per heavy atom. The van der Waals surface area contributed by atoms with E-state index in [9.17, 15) is 9.59 Å². The van der Waals surface area contributed by atoms with E-state index in [1.165, 1.54) is 4.90 Å². The Morgan fingerprint density at radius 2 is 1.57 bits per heavy atom. The van der Waals surface area contributed by atoms with Gasteiger partial charge in [0, 0.05) is 56.0 Å². The molecule has 0 N–H and O–H groups in total. The summed E-state index contributed by atoms with van der Waals surface area (Å²) in [5.41, 5.74) is 1.05. The zero-order valence-electron chi connectivity index (χ0n) is 17.8. The molecule has 1 aromatic carbocycles. The maximum atomic E-state index is 13.1. The summed E-state index contributed by atoms with van der Waals surface area (Å²) >= 11 is 1.86. The molecule has 3 aliphatic rings. The molecule has 0 saturated carbocycles. The number of hydrogen-bond acceptors (Lipinski definition) is 6. The number of fused-ring (bicyclic) bond motifs is 1. The lowest BCUT2D eigenvalue weighted by Crippen LogP contribution is -2.53. The summed E-state index contributed by atoms with van der Waals surface area (Å²) in [5.74, 6) is 0.366. The Kier molecular flexibility index (Phi) is 7.30. The SMILES string of the molecule is C[C@H]1CCN(C(=O)CN2CCN(CC(=O)N3CCOCC3)CC2)c2ccccc2S1. The molecule has 30 heavy (non-hydrogen) atoms. The lowest BCUT2D eigenvalue weighted by Gasteiger charge is -2.36. The number of piperazine rings is 1. The van der Waals surface area contributed by atoms with Crippen molar-refractivity contribution in [1.29, 1.82) is 0 Å². The molecule has 0 aliphatic carbocycles. The average Bonchev–Trinajstić information content (AvgIpc) is 2.94. The van der Waals surface area contributed by atoms with Gasteiger partial charge in [0.25, 0.3) is 0 Å². The number of rotatable bonds is 4. The van der Waals surface area contributed by atoms with Crippen molar-refractivity contribution in [3.05, 3.63) is 24.3 Å². The molecule has 7 nitrogen and oxygen atoms in total. The maximum absolute atomic E-state index is 13.1. The van der Waals surface area contributed by atoms with E-state index in [4.69, 9.17) is 4.74 Å². The van der Waals surface area contributed by atoms with E-state index < -0.39 is 0 Å². The highest BCUT2D eigenvalue weighted by Crippen LogP contribution is 2.37. The van der Waals surface area contributed by atoms with Crippen molar-refractivity contribution in [2.75, 3.05) is 77.0 Å². The van der Waals surface area contributed by atoms with Crippen LogP contribution in [0.5, 0.6) is 0 Å². The average molecular weight is 433 g/mol. The summed E-state index contributed by atoms with van der Waals surface area (Å²) in [6.07, 6.45) is 1.00. The van der Waals surface area contributed by atoms with E-state index in [-0.39, 0.29) is 11.8 Å². The number of hydrogen-bond donors (Lipinski definition) is 0. The largest absolute Gasteiger partial charge is 0.378 e. The van der Waals surface area contributed by atoms with Crippen molar-refractivity contribution >= 4 is 29.3 Å². The van der Waals surface area contributed by atoms with Crippen LogP contribution in [0, 0.1) is 0 Å². The van der Waals surface area contributed by atoms with Crippen molar-refractivity contribution in [1.82, 2.24) is 14.7 Å². The van der Waals surface area contributed by atoms with Gasteiger partial charge in [0.2, 0.25) is 11.8 Å². The first-order valence-corrected chi connectivity index (χ1v) is 11.8. The van der Waals surface area contributed by atoms with Gasteiger partial charge in [-0.1, -0.05) is 19.1 Å². The Morgan fingerprint density at radius 1 is 0.933 bits per heavy atom. The molecule has 0 bridgehead atoms. The van der Waals surface area contributed by atoms with E-state index >= 15 is 0 Å². The highest BCUT2D eigenvalue weighted by atomic mass is 32.2. The molecule has 164 valence electrons. The summed E-state index contributed by atoms with van der Waals surface area (Å²) < 4.78 is 5.33. The maximum Gasteiger partial charge on any atom is 0.241 e. The Balaban J connectivity index is 1.28. The molecule has 0 unspecified atom stereocenters. The topological polar surface area (TPSA) is 56.3 Å². The summed E-state index contributed by atoms with van der Waals surface area (Å²) in [6.45, 7) is 9.88. The Labute approximate surface area is 183 Å². The zero-order chi connectivity index (χ0) is 20.9. The van der Waals surface area contributed by atoms with Crippen molar-refractivity contribution in [2.45, 2.75) is 23.5 Å². The molecule has 2 fully saturated rings. The number of ether oxygens (including phenoxy) is 1. The lowest BCUT2D eigenvalue weighted by atomic mass is 10.2. The smallest absolute Gasteiger partial charge is 0.241 e. The van der Waals surface area contributed by atoms with Gasteiger partial charge in [0.1, 0.15) is 0 Å². The van der Waals surface area contributed by atoms with Crippen LogP contribution in [0.1, 0.15) is 13.3 Å². The third-order valence-electron chi connectivity index (χ3n) is 6.09. The van der Waals surface area contributed by atoms with Crippen LogP contribution in [-0.2, 0) is 14.3 Å². The lowest BCUT2D eigenvalue weighted by molar-refractivity contribution is -0.137. The van der Waals surface area contributed by atoms with Gasteiger partial charge in [0.05, 0.1) is 32.0 Å². The van der Waals surface area contributed by atoms with Gasteiger partial charge in [0.15, 0.2) is 0 Å². The van der Waals surface area contributed by atoms with Gasteiger partial charge < -0.3 is 14.5 Å². The van der Waals surface area contributed by atoms with E-state index in [1.54, 1.807) is 0 Å². The minimum Gasteiger partial charge on any atom is -0.378 e. The number of carbonyl (C=O) groups is 2. The summed E-state index contributed by atoms with van der Waals surface area (Å²) in [4.78, 5) is 35.1. The van der Waals surface area contributed by atoms with Crippen LogP contribution < -0.4 is 4.90 Å². The predicted molar refractivity (Wildman–Crippen MR) is 119 cm³/mol. The van der Waals surface area contributed by atoms with Crippen molar-refractivity contribution in [2.24, 2.45) is 0 Å². The number of thioether (sulfide) groups is 1. The third kappa shape index (κ3) is 5.35. The molecule has 3 heterocycles. The van der Waals surface area contributed by atoms with Gasteiger partial charge in [-0.2, -0.15) is 0 Å². The second-order valence-corrected chi connectivity index (χ2v) is 9.76. The molecule has 0 aromatic heterocycles. The number of para-hydroxylation sites is 1. The summed E-state index contributed by atoms with van der Waals surface area (Å²) in [5, 5.41) is 0.511. The first-order valence-electron chi connectivity index (χ1n) is 11.0. The molecule has 3 aliphatic heterocycles. The fraction of sp³-hybridized carbons (Fsp3) is 0.636. The molecule has 0 spiro atoms. The quantitative estimate of drug-likeness (QED) is 0.717. The molecular weight excluding hydrogens is 400 g/mol. The van der Waals surface area contributed by atoms with Crippen LogP contribution in [0.4, 0.5) is 5.69 Å². The first-order chi connectivity index (χ1) is 14.6. The van der Waals surface area contributed by atoms with E-state index in [0.717, 1.165) is 44.8 Å². The van der Waals surface area contributed by atoms with Crippen molar-refractivity contribution in [3.8, 4) is 0 Å². The van der Waals surface area contributed by atoms with Crippen LogP contribution in [0.25, 0.3) is 0 Å². The molecule has 0 radical (unpaired) electrons. The molecular formula is C22H32N4O3S. The fourth-order valence-corrected chi connectivity index (χ4v) is 5.34. The standard InChI is InChI=1S/C22H32N4O3S/c1-18-6-7-26(19-4-2-3-5-20(19)30-18)22(28)17-24-10-8-23(9-11-24)16-21(27)25-12-14-29-15-13-25/h2-5,18H,6-17H2,1H3/t18-/m0/s1. The third-order valence-corrected chi connectivity index (χ3v) is 7.33. The highest BCUT2D eigenvalue weighted by molar-refractivity contribution is 8.00. The molecule has 2 saturated heterocycles. The number of morpholine rings is 1. The van der Waals surface area contributed by atoms with E-state index in [0.29, 0.717) is 44.6 Å². The van der Waals surface area contributed by atoms with Crippen LogP contribution in [0.15, 0.2) is 29.2 Å². The summed E-state index contributed by atoms with van der Waals surface area (Å²) in [7, 11) is 0. The molecule has 1 aromatic rings. The van der Waals surface area contributed by atoms with Crippen LogP contribution in [0.2, 0.25) is 0 Å². The van der Waals surface area contributed by atoms with Gasteiger partial charge in [-0.05, 0) is 18.6 Å². The zero-order valence-corrected chi connectivity index (χ0v) is 18.6. The molecule has 4 rings (SSSR count). The number of benzene rings is 1. The normalized spacial score (nSPS) is 23.7. The van der Waals surface area contributed by atoms with E-state index in [2.05, 4.69) is 28.9 Å². The monoisotopic (exact) mass is 432 g/mol. The predicted octanol–water partition coefficient (Wildman–Crippen LogP) is 1.38. The Bertz CT molecular complexity index is 748. The molecule has 2 amide bonds. The number of amides is 2. The van der Waals surface area contributed by atoms with Crippen molar-refractivity contribution in [3.63, 3.8) is 0 Å². The van der Waals surface area contributed by atoms with Crippen LogP contribution >= 0.6 is 11.8 Å². The summed E-state index contributed by atoms with van der Waals surface area (Å²) in [6, 6.07) is 8.24. The van der Waals surface area contributed by atoms with E-state index in [1.807, 2.05) is 33.7 Å². The second-order valence-electron chi connectivity index (χ2n) is 8.28. The molecule has 8 heteroatoms. The fourth-order valence-electron chi connectivity index (χ4n) is 4.23. The van der Waals surface area contributed by atoms with Gasteiger partial charge >= 0.3 is 0 Å². The minimum absolute atomic E-state index is 0.176. The molecule has 1 atom stereocenters. The number of anilines is 1. The minimum atomic E-state index is 0.176. The van der Waals surface area contributed by atoms with Crippen LogP contribution in [0.3, 0.4) is 0 Å². The van der Waals surface area contributed by atoms with Crippen molar-refractivity contribution < 1.29 is 14.3 Å². The number of carbonyl (C=O) groups excluding carboxylic acids is 2. The second kappa shape index (κ2) is 10.1.